The van der Waals surface area contributed by atoms with Gasteiger partial charge in [-0.25, -0.2) is 4.39 Å². The highest BCUT2D eigenvalue weighted by Gasteiger charge is 2.38. The number of carbonyl (C=O) groups excluding carboxylic acids is 1. The number of hydrogen-bond donors (Lipinski definition) is 1. The van der Waals surface area contributed by atoms with E-state index in [2.05, 4.69) is 14.7 Å². The van der Waals surface area contributed by atoms with Gasteiger partial charge < -0.3 is 10.3 Å². The van der Waals surface area contributed by atoms with Gasteiger partial charge in [0.25, 0.3) is 0 Å². The van der Waals surface area contributed by atoms with Gasteiger partial charge in [0.1, 0.15) is 5.82 Å². The number of halogens is 4. The monoisotopic (exact) mass is 373 g/mol. The van der Waals surface area contributed by atoms with Crippen LogP contribution in [0.5, 0.6) is 0 Å². The number of rotatable bonds is 8. The van der Waals surface area contributed by atoms with Gasteiger partial charge in [0, 0.05) is 6.42 Å². The highest BCUT2D eigenvalue weighted by molar-refractivity contribution is 5.80. The van der Waals surface area contributed by atoms with Crippen LogP contribution in [0.25, 0.3) is 0 Å². The van der Waals surface area contributed by atoms with Crippen molar-refractivity contribution in [3.05, 3.63) is 47.4 Å². The van der Waals surface area contributed by atoms with E-state index in [0.717, 1.165) is 0 Å². The summed E-state index contributed by atoms with van der Waals surface area (Å²) < 4.78 is 54.7. The Balaban J connectivity index is 1.90. The summed E-state index contributed by atoms with van der Waals surface area (Å²) in [6.45, 7) is 1.69. The maximum Gasteiger partial charge on any atom is 0.471 e. The smallest absolute Gasteiger partial charge is 0.369 e. The van der Waals surface area contributed by atoms with E-state index >= 15 is 0 Å². The van der Waals surface area contributed by atoms with Crippen LogP contribution in [-0.4, -0.2) is 16.0 Å². The van der Waals surface area contributed by atoms with Crippen molar-refractivity contribution in [2.45, 2.75) is 45.2 Å². The summed E-state index contributed by atoms with van der Waals surface area (Å²) in [7, 11) is 0. The Labute approximate surface area is 147 Å². The Morgan fingerprint density at radius 3 is 2.58 bits per heavy atom. The molecule has 26 heavy (non-hydrogen) atoms. The molecular weight excluding hydrogens is 354 g/mol. The molecule has 2 aromatic rings. The van der Waals surface area contributed by atoms with E-state index in [0.29, 0.717) is 24.8 Å². The molecule has 142 valence electrons. The molecule has 0 aliphatic rings. The minimum atomic E-state index is -4.67. The standard InChI is InChI=1S/C17H19F4N3O2/c1-16(14(22)25,10-11-5-4-6-12(18)9-11)8-3-2-7-13-23-15(26-24-13)17(19,20)21/h4-6,9H,2-3,7-8,10H2,1H3,(H2,22,25). The Morgan fingerprint density at radius 1 is 1.27 bits per heavy atom. The average molecular weight is 373 g/mol. The third kappa shape index (κ3) is 5.27. The topological polar surface area (TPSA) is 82.0 Å². The second-order valence-electron chi connectivity index (χ2n) is 6.45. The molecule has 1 unspecified atom stereocenters. The minimum absolute atomic E-state index is 0.0387. The lowest BCUT2D eigenvalue weighted by atomic mass is 9.78. The molecule has 5 nitrogen and oxygen atoms in total. The van der Waals surface area contributed by atoms with Gasteiger partial charge in [-0.05, 0) is 37.0 Å². The molecule has 0 bridgehead atoms. The molecule has 1 atom stereocenters. The van der Waals surface area contributed by atoms with Gasteiger partial charge in [0.15, 0.2) is 5.82 Å². The van der Waals surface area contributed by atoms with Gasteiger partial charge in [-0.15, -0.1) is 0 Å². The molecule has 0 saturated carbocycles. The van der Waals surface area contributed by atoms with Crippen LogP contribution in [-0.2, 0) is 23.8 Å². The van der Waals surface area contributed by atoms with E-state index in [1.807, 2.05) is 0 Å². The van der Waals surface area contributed by atoms with Crippen LogP contribution in [0.2, 0.25) is 0 Å². The number of nitrogens with two attached hydrogens (primary N) is 1. The van der Waals surface area contributed by atoms with E-state index in [1.54, 1.807) is 19.1 Å². The first-order chi connectivity index (χ1) is 12.1. The van der Waals surface area contributed by atoms with Crippen molar-refractivity contribution in [3.63, 3.8) is 0 Å². The SMILES string of the molecule is CC(CCCCc1noc(C(F)(F)F)n1)(Cc1cccc(F)c1)C(N)=O. The van der Waals surface area contributed by atoms with Crippen molar-refractivity contribution in [1.29, 1.82) is 0 Å². The molecule has 0 aliphatic heterocycles. The maximum atomic E-state index is 13.3. The van der Waals surface area contributed by atoms with Gasteiger partial charge in [-0.1, -0.05) is 30.6 Å². The van der Waals surface area contributed by atoms with Crippen molar-refractivity contribution in [1.82, 2.24) is 10.1 Å². The van der Waals surface area contributed by atoms with Crippen LogP contribution < -0.4 is 5.73 Å². The molecule has 1 aromatic heterocycles. The molecule has 0 radical (unpaired) electrons. The Hall–Kier alpha value is -2.45. The quantitative estimate of drug-likeness (QED) is 0.565. The summed E-state index contributed by atoms with van der Waals surface area (Å²) >= 11 is 0. The van der Waals surface area contributed by atoms with E-state index in [1.165, 1.54) is 12.1 Å². The number of amides is 1. The predicted molar refractivity (Wildman–Crippen MR) is 84.3 cm³/mol. The zero-order chi connectivity index (χ0) is 19.4. The van der Waals surface area contributed by atoms with E-state index in [4.69, 9.17) is 5.73 Å². The number of aromatic nitrogens is 2. The molecule has 0 spiro atoms. The highest BCUT2D eigenvalue weighted by atomic mass is 19.4. The largest absolute Gasteiger partial charge is 0.471 e. The van der Waals surface area contributed by atoms with Gasteiger partial charge >= 0.3 is 12.1 Å². The van der Waals surface area contributed by atoms with Crippen LogP contribution in [0.4, 0.5) is 17.6 Å². The fourth-order valence-electron chi connectivity index (χ4n) is 2.67. The molecule has 0 saturated heterocycles. The molecule has 0 fully saturated rings. The molecule has 1 heterocycles. The maximum absolute atomic E-state index is 13.3. The van der Waals surface area contributed by atoms with E-state index in [-0.39, 0.29) is 18.7 Å². The number of primary amides is 1. The number of nitrogens with zero attached hydrogens (tertiary/aromatic N) is 2. The lowest BCUT2D eigenvalue weighted by molar-refractivity contribution is -0.159. The van der Waals surface area contributed by atoms with Crippen molar-refractivity contribution in [2.24, 2.45) is 11.1 Å². The Kier molecular flexibility index (Phi) is 5.99. The van der Waals surface area contributed by atoms with Crippen LogP contribution in [0.15, 0.2) is 28.8 Å². The van der Waals surface area contributed by atoms with Gasteiger partial charge in [0.05, 0.1) is 5.41 Å². The third-order valence-electron chi connectivity index (χ3n) is 4.17. The highest BCUT2D eigenvalue weighted by Crippen LogP contribution is 2.30. The van der Waals surface area contributed by atoms with E-state index in [9.17, 15) is 22.4 Å². The second-order valence-corrected chi connectivity index (χ2v) is 6.45. The van der Waals surface area contributed by atoms with Crippen LogP contribution in [0, 0.1) is 11.2 Å². The normalized spacial score (nSPS) is 14.2. The zero-order valence-electron chi connectivity index (χ0n) is 14.1. The molecule has 1 amide bonds. The van der Waals surface area contributed by atoms with Crippen molar-refractivity contribution in [2.75, 3.05) is 0 Å². The average Bonchev–Trinajstić information content (AvgIpc) is 3.00. The second kappa shape index (κ2) is 7.84. The summed E-state index contributed by atoms with van der Waals surface area (Å²) in [5.74, 6) is -2.32. The number of hydrogen-bond acceptors (Lipinski definition) is 4. The van der Waals surface area contributed by atoms with Crippen molar-refractivity contribution >= 4 is 5.91 Å². The lowest BCUT2D eigenvalue weighted by Gasteiger charge is -2.26. The van der Waals surface area contributed by atoms with Gasteiger partial charge in [0.2, 0.25) is 5.91 Å². The summed E-state index contributed by atoms with van der Waals surface area (Å²) in [6, 6.07) is 5.92. The summed E-state index contributed by atoms with van der Waals surface area (Å²) in [5, 5.41) is 3.29. The summed E-state index contributed by atoms with van der Waals surface area (Å²) in [5.41, 5.74) is 5.27. The molecule has 0 aliphatic carbocycles. The van der Waals surface area contributed by atoms with E-state index < -0.39 is 29.2 Å². The number of alkyl halides is 3. The van der Waals surface area contributed by atoms with Crippen LogP contribution in [0.1, 0.15) is 43.5 Å². The number of benzene rings is 1. The summed E-state index contributed by atoms with van der Waals surface area (Å²) in [4.78, 5) is 15.1. The third-order valence-corrected chi connectivity index (χ3v) is 4.17. The molecule has 2 rings (SSSR count). The lowest BCUT2D eigenvalue weighted by Crippen LogP contribution is -2.36. The molecule has 2 N–H and O–H groups in total. The number of aryl methyl sites for hydroxylation is 1. The predicted octanol–water partition coefficient (Wildman–Crippen LogP) is 3.67. The number of carbonyl (C=O) groups is 1. The van der Waals surface area contributed by atoms with Crippen molar-refractivity contribution in [3.8, 4) is 0 Å². The molecule has 9 heteroatoms. The minimum Gasteiger partial charge on any atom is -0.369 e. The van der Waals surface area contributed by atoms with Gasteiger partial charge in [-0.2, -0.15) is 18.2 Å². The molecular formula is C17H19F4N3O2. The van der Waals surface area contributed by atoms with Crippen LogP contribution in [0.3, 0.4) is 0 Å². The fourth-order valence-corrected chi connectivity index (χ4v) is 2.67. The first-order valence-electron chi connectivity index (χ1n) is 8.04. The zero-order valence-corrected chi connectivity index (χ0v) is 14.1. The fraction of sp³-hybridized carbons (Fsp3) is 0.471. The summed E-state index contributed by atoms with van der Waals surface area (Å²) in [6.07, 6.45) is -2.81. The first kappa shape index (κ1) is 19.9. The van der Waals surface area contributed by atoms with Gasteiger partial charge in [-0.3, -0.25) is 4.79 Å². The van der Waals surface area contributed by atoms with Crippen LogP contribution >= 0.6 is 0 Å². The Morgan fingerprint density at radius 2 is 2.00 bits per heavy atom. The molecule has 1 aromatic carbocycles. The first-order valence-corrected chi connectivity index (χ1v) is 8.04. The Bertz CT molecular complexity index is 760. The van der Waals surface area contributed by atoms with Crippen molar-refractivity contribution < 1.29 is 26.9 Å². The number of unbranched alkanes of at least 4 members (excludes halogenated alkanes) is 1.